The predicted molar refractivity (Wildman–Crippen MR) is 145 cm³/mol. The second-order valence-electron chi connectivity index (χ2n) is 10.3. The van der Waals surface area contributed by atoms with Gasteiger partial charge in [-0.05, 0) is 44.9 Å². The Hall–Kier alpha value is -4.20. The molecule has 0 atom stereocenters. The van der Waals surface area contributed by atoms with Gasteiger partial charge in [0.15, 0.2) is 5.69 Å². The van der Waals surface area contributed by atoms with Gasteiger partial charge in [0.05, 0.1) is 16.8 Å². The van der Waals surface area contributed by atoms with E-state index in [-0.39, 0.29) is 5.91 Å². The monoisotopic (exact) mass is 510 g/mol. The number of H-pyrrole nitrogens is 1. The summed E-state index contributed by atoms with van der Waals surface area (Å²) in [6.07, 6.45) is 5.02. The number of piperazine rings is 1. The molecule has 0 aliphatic carbocycles. The lowest BCUT2D eigenvalue weighted by Gasteiger charge is -2.42. The topological polar surface area (TPSA) is 109 Å². The lowest BCUT2D eigenvalue weighted by molar-refractivity contribution is 0.0394. The number of anilines is 1. The third-order valence-electron chi connectivity index (χ3n) is 7.66. The highest BCUT2D eigenvalue weighted by atomic mass is 16.3. The zero-order valence-electron chi connectivity index (χ0n) is 21.8. The minimum atomic E-state index is -0.124. The van der Waals surface area contributed by atoms with Crippen LogP contribution in [0.25, 0.3) is 33.6 Å². The van der Waals surface area contributed by atoms with Crippen LogP contribution < -0.4 is 4.90 Å². The molecule has 5 heterocycles. The van der Waals surface area contributed by atoms with Crippen molar-refractivity contribution in [2.24, 2.45) is 0 Å². The Morgan fingerprint density at radius 2 is 1.95 bits per heavy atom. The fourth-order valence-corrected chi connectivity index (χ4v) is 5.07. The van der Waals surface area contributed by atoms with Crippen molar-refractivity contribution in [1.29, 1.82) is 5.26 Å². The number of oxazole rings is 1. The number of likely N-dealkylation sites (tertiary alicyclic amines) is 1. The van der Waals surface area contributed by atoms with Crippen molar-refractivity contribution in [1.82, 2.24) is 29.7 Å². The van der Waals surface area contributed by atoms with Crippen LogP contribution in [0.15, 0.2) is 47.3 Å². The van der Waals surface area contributed by atoms with Crippen molar-refractivity contribution in [2.75, 3.05) is 65.3 Å². The quantitative estimate of drug-likeness (QED) is 0.437. The van der Waals surface area contributed by atoms with Crippen molar-refractivity contribution in [3.63, 3.8) is 0 Å². The standard InChI is InChI=1S/C28H30N8O2/c1-33(2)21-15-36(16-21)28(37)24-17-38-27(32-24)23-14-31-26-22(23)11-20(13-30-26)18-4-5-25(19(10-18)12-29)35-8-6-34(3)7-9-35/h4-5,10-11,13-14,17,21H,6-9,15-16H2,1-3H3,(H,30,31). The number of aromatic amines is 1. The molecule has 10 nitrogen and oxygen atoms in total. The molecule has 1 N–H and O–H groups in total. The summed E-state index contributed by atoms with van der Waals surface area (Å²) in [6, 6.07) is 10.8. The summed E-state index contributed by atoms with van der Waals surface area (Å²) in [5.74, 6) is 0.243. The number of fused-ring (bicyclic) bond motifs is 1. The van der Waals surface area contributed by atoms with Gasteiger partial charge >= 0.3 is 0 Å². The van der Waals surface area contributed by atoms with E-state index in [9.17, 15) is 10.1 Å². The fraction of sp³-hybridized carbons (Fsp3) is 0.357. The van der Waals surface area contributed by atoms with Crippen molar-refractivity contribution >= 4 is 22.6 Å². The summed E-state index contributed by atoms with van der Waals surface area (Å²) in [5, 5.41) is 10.7. The van der Waals surface area contributed by atoms with Gasteiger partial charge in [0.25, 0.3) is 5.91 Å². The number of amides is 1. The van der Waals surface area contributed by atoms with Gasteiger partial charge in [-0.25, -0.2) is 9.97 Å². The maximum absolute atomic E-state index is 12.8. The molecule has 0 spiro atoms. The van der Waals surface area contributed by atoms with Crippen LogP contribution in [-0.4, -0.2) is 102 Å². The van der Waals surface area contributed by atoms with Crippen LogP contribution in [0.1, 0.15) is 16.1 Å². The SMILES string of the molecule is CN1CCN(c2ccc(-c3cnc4[nH]cc(-c5nc(C(=O)N6CC(N(C)C)C6)co5)c4c3)cc2C#N)CC1. The van der Waals surface area contributed by atoms with Crippen LogP contribution >= 0.6 is 0 Å². The highest BCUT2D eigenvalue weighted by Crippen LogP contribution is 2.33. The van der Waals surface area contributed by atoms with Gasteiger partial charge in [-0.1, -0.05) is 6.07 Å². The number of carbonyl (C=O) groups is 1. The molecule has 2 aliphatic heterocycles. The molecule has 0 saturated carbocycles. The molecular weight excluding hydrogens is 480 g/mol. The van der Waals surface area contributed by atoms with E-state index in [0.717, 1.165) is 53.9 Å². The van der Waals surface area contributed by atoms with Crippen LogP contribution in [0, 0.1) is 11.3 Å². The Morgan fingerprint density at radius 1 is 1.16 bits per heavy atom. The van der Waals surface area contributed by atoms with E-state index in [1.165, 1.54) is 6.26 Å². The van der Waals surface area contributed by atoms with E-state index in [4.69, 9.17) is 4.42 Å². The third-order valence-corrected chi connectivity index (χ3v) is 7.66. The van der Waals surface area contributed by atoms with E-state index < -0.39 is 0 Å². The lowest BCUT2D eigenvalue weighted by Crippen LogP contribution is -2.59. The first-order chi connectivity index (χ1) is 18.4. The number of likely N-dealkylation sites (N-methyl/N-ethyl adjacent to an activating group) is 2. The first-order valence-electron chi connectivity index (χ1n) is 12.8. The molecule has 1 aromatic carbocycles. The normalized spacial score (nSPS) is 16.7. The van der Waals surface area contributed by atoms with Gasteiger partial charge in [0.2, 0.25) is 5.89 Å². The molecule has 0 bridgehead atoms. The molecule has 0 unspecified atom stereocenters. The number of carbonyl (C=O) groups excluding carboxylic acids is 1. The van der Waals surface area contributed by atoms with Crippen molar-refractivity contribution < 1.29 is 9.21 Å². The predicted octanol–water partition coefficient (Wildman–Crippen LogP) is 2.89. The zero-order chi connectivity index (χ0) is 26.4. The first kappa shape index (κ1) is 24.2. The molecule has 0 radical (unpaired) electrons. The van der Waals surface area contributed by atoms with Gasteiger partial charge in [-0.2, -0.15) is 5.26 Å². The summed E-state index contributed by atoms with van der Waals surface area (Å²) in [4.78, 5) is 33.6. The molecule has 3 aromatic heterocycles. The van der Waals surface area contributed by atoms with E-state index >= 15 is 0 Å². The summed E-state index contributed by atoms with van der Waals surface area (Å²) in [7, 11) is 6.15. The number of nitrogens with zero attached hydrogens (tertiary/aromatic N) is 7. The molecule has 6 rings (SSSR count). The second-order valence-corrected chi connectivity index (χ2v) is 10.3. The smallest absolute Gasteiger partial charge is 0.275 e. The lowest BCUT2D eigenvalue weighted by atomic mass is 10.0. The average Bonchev–Trinajstić information content (AvgIpc) is 3.54. The largest absolute Gasteiger partial charge is 0.444 e. The number of nitrogens with one attached hydrogen (secondary N) is 1. The minimum Gasteiger partial charge on any atom is -0.444 e. The number of pyridine rings is 1. The minimum absolute atomic E-state index is 0.124. The maximum atomic E-state index is 12.8. The van der Waals surface area contributed by atoms with Gasteiger partial charge < -0.3 is 29.0 Å². The number of hydrogen-bond acceptors (Lipinski definition) is 8. The Balaban J connectivity index is 1.27. The van der Waals surface area contributed by atoms with Crippen LogP contribution in [0.2, 0.25) is 0 Å². The van der Waals surface area contributed by atoms with Gasteiger partial charge in [0.1, 0.15) is 18.0 Å². The highest BCUT2D eigenvalue weighted by Gasteiger charge is 2.34. The van der Waals surface area contributed by atoms with E-state index in [0.29, 0.717) is 41.9 Å². The van der Waals surface area contributed by atoms with E-state index in [2.05, 4.69) is 42.8 Å². The molecule has 38 heavy (non-hydrogen) atoms. The van der Waals surface area contributed by atoms with E-state index in [1.54, 1.807) is 17.3 Å². The van der Waals surface area contributed by atoms with Crippen LogP contribution in [0.4, 0.5) is 5.69 Å². The van der Waals surface area contributed by atoms with Crippen LogP contribution in [0.5, 0.6) is 0 Å². The fourth-order valence-electron chi connectivity index (χ4n) is 5.07. The van der Waals surface area contributed by atoms with E-state index in [1.807, 2.05) is 38.4 Å². The Labute approximate surface area is 221 Å². The number of aromatic nitrogens is 3. The Morgan fingerprint density at radius 3 is 2.68 bits per heavy atom. The Kier molecular flexibility index (Phi) is 6.10. The zero-order valence-corrected chi connectivity index (χ0v) is 21.8. The molecule has 2 fully saturated rings. The number of benzene rings is 1. The van der Waals surface area contributed by atoms with Gasteiger partial charge in [-0.3, -0.25) is 4.79 Å². The molecule has 2 aliphatic rings. The number of hydrogen-bond donors (Lipinski definition) is 1. The maximum Gasteiger partial charge on any atom is 0.275 e. The molecule has 1 amide bonds. The van der Waals surface area contributed by atoms with Crippen molar-refractivity contribution in [3.05, 3.63) is 54.2 Å². The number of rotatable bonds is 5. The van der Waals surface area contributed by atoms with Gasteiger partial charge in [0, 0.05) is 68.7 Å². The molecule has 2 saturated heterocycles. The summed E-state index contributed by atoms with van der Waals surface area (Å²) in [5.41, 5.74) is 5.15. The summed E-state index contributed by atoms with van der Waals surface area (Å²) < 4.78 is 5.74. The molecule has 4 aromatic rings. The summed E-state index contributed by atoms with van der Waals surface area (Å²) in [6.45, 7) is 5.14. The first-order valence-corrected chi connectivity index (χ1v) is 12.8. The molecule has 194 valence electrons. The Bertz CT molecular complexity index is 1530. The second kappa shape index (κ2) is 9.59. The summed E-state index contributed by atoms with van der Waals surface area (Å²) >= 11 is 0. The third kappa shape index (κ3) is 4.30. The van der Waals surface area contributed by atoms with Crippen LogP contribution in [0.3, 0.4) is 0 Å². The molecule has 10 heteroatoms. The van der Waals surface area contributed by atoms with Crippen molar-refractivity contribution in [2.45, 2.75) is 6.04 Å². The van der Waals surface area contributed by atoms with Crippen LogP contribution in [-0.2, 0) is 0 Å². The van der Waals surface area contributed by atoms with Crippen molar-refractivity contribution in [3.8, 4) is 28.7 Å². The van der Waals surface area contributed by atoms with Gasteiger partial charge in [-0.15, -0.1) is 0 Å². The highest BCUT2D eigenvalue weighted by molar-refractivity contribution is 5.96. The molecular formula is C28H30N8O2. The number of nitriles is 1. The average molecular weight is 511 g/mol.